The third-order valence-electron chi connectivity index (χ3n) is 2.60. The van der Waals surface area contributed by atoms with Crippen molar-refractivity contribution in [3.63, 3.8) is 0 Å². The molecule has 1 aromatic heterocycles. The van der Waals surface area contributed by atoms with E-state index in [4.69, 9.17) is 9.47 Å². The highest BCUT2D eigenvalue weighted by molar-refractivity contribution is 9.10. The molecule has 6 heteroatoms. The number of methoxy groups -OCH3 is 2. The van der Waals surface area contributed by atoms with Gasteiger partial charge < -0.3 is 14.8 Å². The Morgan fingerprint density at radius 2 is 2.16 bits per heavy atom. The number of ether oxygens (including phenoxy) is 2. The molecule has 5 nitrogen and oxygen atoms in total. The maximum atomic E-state index is 5.27. The average Bonchev–Trinajstić information content (AvgIpc) is 2.86. The van der Waals surface area contributed by atoms with E-state index >= 15 is 0 Å². The number of nitrogens with one attached hydrogen (secondary N) is 1. The fourth-order valence-corrected chi connectivity index (χ4v) is 2.17. The molecule has 102 valence electrons. The monoisotopic (exact) mass is 325 g/mol. The Morgan fingerprint density at radius 1 is 1.32 bits per heavy atom. The van der Waals surface area contributed by atoms with Crippen molar-refractivity contribution in [2.24, 2.45) is 0 Å². The third kappa shape index (κ3) is 3.48. The van der Waals surface area contributed by atoms with Crippen molar-refractivity contribution < 1.29 is 9.47 Å². The second kappa shape index (κ2) is 6.58. The maximum Gasteiger partial charge on any atom is 0.207 e. The van der Waals surface area contributed by atoms with Crippen molar-refractivity contribution in [3.8, 4) is 11.4 Å². The van der Waals surface area contributed by atoms with Gasteiger partial charge >= 0.3 is 0 Å². The van der Waals surface area contributed by atoms with Crippen molar-refractivity contribution in [1.82, 2.24) is 9.55 Å². The summed E-state index contributed by atoms with van der Waals surface area (Å²) in [6.07, 6.45) is 3.65. The molecule has 0 unspecified atom stereocenters. The van der Waals surface area contributed by atoms with Gasteiger partial charge in [0.25, 0.3) is 0 Å². The van der Waals surface area contributed by atoms with Gasteiger partial charge in [0.15, 0.2) is 0 Å². The third-order valence-corrected chi connectivity index (χ3v) is 3.06. The van der Waals surface area contributed by atoms with Crippen LogP contribution < -0.4 is 10.1 Å². The highest BCUT2D eigenvalue weighted by Crippen LogP contribution is 2.25. The molecule has 0 fully saturated rings. The first-order chi connectivity index (χ1) is 9.24. The standard InChI is InChI=1S/C13H16BrN3O2/c1-18-6-4-16-13-15-3-5-17(13)11-7-10(14)8-12(9-11)19-2/h3,5,7-9H,4,6H2,1-2H3,(H,15,16). The lowest BCUT2D eigenvalue weighted by atomic mass is 10.3. The summed E-state index contributed by atoms with van der Waals surface area (Å²) in [4.78, 5) is 4.29. The quantitative estimate of drug-likeness (QED) is 0.829. The molecule has 0 saturated carbocycles. The molecule has 0 radical (unpaired) electrons. The van der Waals surface area contributed by atoms with E-state index in [1.807, 2.05) is 29.0 Å². The first-order valence-corrected chi connectivity index (χ1v) is 6.65. The van der Waals surface area contributed by atoms with Crippen LogP contribution in [0.2, 0.25) is 0 Å². The van der Waals surface area contributed by atoms with Crippen LogP contribution in [-0.2, 0) is 4.74 Å². The molecule has 0 aliphatic rings. The highest BCUT2D eigenvalue weighted by atomic mass is 79.9. The SMILES string of the molecule is COCCNc1nccn1-c1cc(Br)cc(OC)c1. The number of rotatable bonds is 6. The number of benzene rings is 1. The minimum absolute atomic E-state index is 0.634. The van der Waals surface area contributed by atoms with Crippen LogP contribution in [0.1, 0.15) is 0 Å². The van der Waals surface area contributed by atoms with Crippen LogP contribution in [0.3, 0.4) is 0 Å². The highest BCUT2D eigenvalue weighted by Gasteiger charge is 2.07. The van der Waals surface area contributed by atoms with E-state index in [2.05, 4.69) is 26.2 Å². The molecule has 0 aliphatic carbocycles. The fourth-order valence-electron chi connectivity index (χ4n) is 1.71. The molecular weight excluding hydrogens is 310 g/mol. The summed E-state index contributed by atoms with van der Waals surface area (Å²) in [5.41, 5.74) is 0.976. The fraction of sp³-hybridized carbons (Fsp3) is 0.308. The van der Waals surface area contributed by atoms with Crippen LogP contribution in [0.5, 0.6) is 5.75 Å². The molecule has 1 heterocycles. The second-order valence-corrected chi connectivity index (χ2v) is 4.81. The number of imidazole rings is 1. The van der Waals surface area contributed by atoms with Gasteiger partial charge in [0.2, 0.25) is 5.95 Å². The number of hydrogen-bond acceptors (Lipinski definition) is 4. The van der Waals surface area contributed by atoms with Gasteiger partial charge in [-0.3, -0.25) is 4.57 Å². The number of aromatic nitrogens is 2. The van der Waals surface area contributed by atoms with E-state index in [0.717, 1.165) is 21.9 Å². The molecule has 2 aromatic rings. The van der Waals surface area contributed by atoms with Crippen molar-refractivity contribution in [2.45, 2.75) is 0 Å². The Kier molecular flexibility index (Phi) is 4.81. The number of nitrogens with zero attached hydrogens (tertiary/aromatic N) is 2. The van der Waals surface area contributed by atoms with E-state index < -0.39 is 0 Å². The molecule has 2 rings (SSSR count). The lowest BCUT2D eigenvalue weighted by Crippen LogP contribution is -2.11. The Labute approximate surface area is 120 Å². The van der Waals surface area contributed by atoms with E-state index in [9.17, 15) is 0 Å². The van der Waals surface area contributed by atoms with E-state index in [1.165, 1.54) is 0 Å². The van der Waals surface area contributed by atoms with Gasteiger partial charge in [0.05, 0.1) is 19.4 Å². The molecule has 0 bridgehead atoms. The predicted molar refractivity (Wildman–Crippen MR) is 78.2 cm³/mol. The summed E-state index contributed by atoms with van der Waals surface area (Å²) in [5.74, 6) is 1.57. The lowest BCUT2D eigenvalue weighted by molar-refractivity contribution is 0.210. The Morgan fingerprint density at radius 3 is 2.89 bits per heavy atom. The van der Waals surface area contributed by atoms with Crippen molar-refractivity contribution in [3.05, 3.63) is 35.1 Å². The molecule has 0 atom stereocenters. The van der Waals surface area contributed by atoms with Crippen molar-refractivity contribution in [2.75, 3.05) is 32.7 Å². The lowest BCUT2D eigenvalue weighted by Gasteiger charge is -2.11. The molecule has 0 spiro atoms. The number of halogens is 1. The van der Waals surface area contributed by atoms with Gasteiger partial charge in [0.1, 0.15) is 5.75 Å². The first-order valence-electron chi connectivity index (χ1n) is 5.85. The Balaban J connectivity index is 2.26. The molecule has 0 saturated heterocycles. The largest absolute Gasteiger partial charge is 0.497 e. The molecule has 0 amide bonds. The van der Waals surface area contributed by atoms with Crippen molar-refractivity contribution in [1.29, 1.82) is 0 Å². The smallest absolute Gasteiger partial charge is 0.207 e. The van der Waals surface area contributed by atoms with Gasteiger partial charge in [-0.15, -0.1) is 0 Å². The first kappa shape index (κ1) is 13.9. The van der Waals surface area contributed by atoms with E-state index in [-0.39, 0.29) is 0 Å². The van der Waals surface area contributed by atoms with Crippen molar-refractivity contribution >= 4 is 21.9 Å². The minimum Gasteiger partial charge on any atom is -0.497 e. The van der Waals surface area contributed by atoms with Crippen LogP contribution in [0.25, 0.3) is 5.69 Å². The molecule has 19 heavy (non-hydrogen) atoms. The van der Waals surface area contributed by atoms with E-state index in [0.29, 0.717) is 13.2 Å². The predicted octanol–water partition coefficient (Wildman–Crippen LogP) is 2.70. The zero-order valence-corrected chi connectivity index (χ0v) is 12.5. The molecule has 1 N–H and O–H groups in total. The topological polar surface area (TPSA) is 48.3 Å². The normalized spacial score (nSPS) is 10.5. The zero-order valence-electron chi connectivity index (χ0n) is 10.9. The summed E-state index contributed by atoms with van der Waals surface area (Å²) >= 11 is 3.47. The minimum atomic E-state index is 0.634. The molecule has 1 aromatic carbocycles. The van der Waals surface area contributed by atoms with Crippen LogP contribution in [0.4, 0.5) is 5.95 Å². The summed E-state index contributed by atoms with van der Waals surface area (Å²) in [7, 11) is 3.32. The van der Waals surface area contributed by atoms with Crippen LogP contribution >= 0.6 is 15.9 Å². The summed E-state index contributed by atoms with van der Waals surface area (Å²) < 4.78 is 13.2. The van der Waals surface area contributed by atoms with Gasteiger partial charge in [-0.2, -0.15) is 0 Å². The van der Waals surface area contributed by atoms with Gasteiger partial charge in [0, 0.05) is 36.6 Å². The summed E-state index contributed by atoms with van der Waals surface area (Å²) in [5, 5.41) is 3.22. The zero-order chi connectivity index (χ0) is 13.7. The maximum absolute atomic E-state index is 5.27. The summed E-state index contributed by atoms with van der Waals surface area (Å²) in [6.45, 7) is 1.34. The summed E-state index contributed by atoms with van der Waals surface area (Å²) in [6, 6.07) is 5.87. The van der Waals surface area contributed by atoms with Gasteiger partial charge in [-0.1, -0.05) is 15.9 Å². The number of anilines is 1. The van der Waals surface area contributed by atoms with E-state index in [1.54, 1.807) is 20.4 Å². The number of hydrogen-bond donors (Lipinski definition) is 1. The van der Waals surface area contributed by atoms with Gasteiger partial charge in [-0.05, 0) is 12.1 Å². The molecular formula is C13H16BrN3O2. The Bertz CT molecular complexity index is 542. The average molecular weight is 326 g/mol. The Hall–Kier alpha value is -1.53. The molecule has 0 aliphatic heterocycles. The van der Waals surface area contributed by atoms with Crippen LogP contribution in [-0.4, -0.2) is 36.9 Å². The van der Waals surface area contributed by atoms with Crippen LogP contribution in [0, 0.1) is 0 Å². The van der Waals surface area contributed by atoms with Gasteiger partial charge in [-0.25, -0.2) is 4.98 Å². The van der Waals surface area contributed by atoms with Crippen LogP contribution in [0.15, 0.2) is 35.1 Å². The second-order valence-electron chi connectivity index (χ2n) is 3.89.